The molecule has 4 rings (SSSR count). The second-order valence-electron chi connectivity index (χ2n) is 6.56. The van der Waals surface area contributed by atoms with Gasteiger partial charge in [-0.2, -0.15) is 0 Å². The topological polar surface area (TPSA) is 30.5 Å². The Labute approximate surface area is 171 Å². The molecule has 26 heavy (non-hydrogen) atoms. The predicted molar refractivity (Wildman–Crippen MR) is 110 cm³/mol. The van der Waals surface area contributed by atoms with Crippen LogP contribution in [0.1, 0.15) is 29.5 Å². The summed E-state index contributed by atoms with van der Waals surface area (Å²) in [6.45, 7) is 0. The maximum Gasteiger partial charge on any atom is 0.174 e. The molecule has 2 aliphatic rings. The van der Waals surface area contributed by atoms with Crippen LogP contribution in [0.25, 0.3) is 0 Å². The van der Waals surface area contributed by atoms with Crippen molar-refractivity contribution in [3.05, 3.63) is 62.1 Å². The molecule has 3 atom stereocenters. The molecule has 0 radical (unpaired) electrons. The van der Waals surface area contributed by atoms with Crippen molar-refractivity contribution in [2.24, 2.45) is 5.92 Å². The Morgan fingerprint density at radius 1 is 1.12 bits per heavy atom. The number of benzene rings is 2. The molecular formula is C20H18BrCl2NO2. The van der Waals surface area contributed by atoms with Gasteiger partial charge in [0.15, 0.2) is 11.5 Å². The fourth-order valence-corrected chi connectivity index (χ4v) is 5.33. The van der Waals surface area contributed by atoms with Crippen LogP contribution in [0.15, 0.2) is 40.9 Å². The molecule has 0 spiro atoms. The van der Waals surface area contributed by atoms with E-state index in [0.29, 0.717) is 27.5 Å². The Balaban J connectivity index is 1.82. The molecular weight excluding hydrogens is 437 g/mol. The summed E-state index contributed by atoms with van der Waals surface area (Å²) in [4.78, 5) is 0. The summed E-state index contributed by atoms with van der Waals surface area (Å²) in [6, 6.07) is 8.01. The minimum absolute atomic E-state index is 0.119. The molecule has 136 valence electrons. The molecule has 6 heteroatoms. The molecule has 0 aromatic heterocycles. The van der Waals surface area contributed by atoms with E-state index in [1.807, 2.05) is 18.2 Å². The summed E-state index contributed by atoms with van der Waals surface area (Å²) in [5.74, 6) is 2.05. The first kappa shape index (κ1) is 18.0. The lowest BCUT2D eigenvalue weighted by Crippen LogP contribution is -2.29. The number of anilines is 1. The summed E-state index contributed by atoms with van der Waals surface area (Å²) in [5, 5.41) is 5.01. The zero-order chi connectivity index (χ0) is 18.4. The fraction of sp³-hybridized carbons (Fsp3) is 0.300. The largest absolute Gasteiger partial charge is 0.493 e. The number of methoxy groups -OCH3 is 2. The predicted octanol–water partition coefficient (Wildman–Crippen LogP) is 6.60. The van der Waals surface area contributed by atoms with Gasteiger partial charge in [0.25, 0.3) is 0 Å². The second-order valence-corrected chi connectivity index (χ2v) is 8.26. The van der Waals surface area contributed by atoms with E-state index in [4.69, 9.17) is 32.7 Å². The highest BCUT2D eigenvalue weighted by Crippen LogP contribution is 2.53. The van der Waals surface area contributed by atoms with Gasteiger partial charge in [-0.25, -0.2) is 0 Å². The SMILES string of the molecule is COc1cc([C@@H]2Nc3cc(Cl)cc(Cl)c3[C@H]3C=CC[C@H]32)cc(Br)c1OC. The van der Waals surface area contributed by atoms with Crippen molar-refractivity contribution in [3.63, 3.8) is 0 Å². The van der Waals surface area contributed by atoms with Crippen LogP contribution in [-0.4, -0.2) is 14.2 Å². The van der Waals surface area contributed by atoms with Gasteiger partial charge < -0.3 is 14.8 Å². The molecule has 1 aliphatic heterocycles. The van der Waals surface area contributed by atoms with Crippen LogP contribution in [0.4, 0.5) is 5.69 Å². The van der Waals surface area contributed by atoms with E-state index >= 15 is 0 Å². The lowest BCUT2D eigenvalue weighted by atomic mass is 9.77. The Hall–Kier alpha value is -1.36. The highest BCUT2D eigenvalue weighted by molar-refractivity contribution is 9.10. The number of rotatable bonds is 3. The Bertz CT molecular complexity index is 900. The van der Waals surface area contributed by atoms with Crippen LogP contribution in [0, 0.1) is 5.92 Å². The number of fused-ring (bicyclic) bond motifs is 3. The molecule has 0 amide bonds. The number of ether oxygens (including phenoxy) is 2. The number of nitrogens with one attached hydrogen (secondary N) is 1. The van der Waals surface area contributed by atoms with Crippen molar-refractivity contribution < 1.29 is 9.47 Å². The molecule has 0 saturated heterocycles. The van der Waals surface area contributed by atoms with E-state index in [9.17, 15) is 0 Å². The average Bonchev–Trinajstić information content (AvgIpc) is 3.09. The lowest BCUT2D eigenvalue weighted by Gasteiger charge is -2.38. The molecule has 1 heterocycles. The normalized spacial score (nSPS) is 23.2. The summed E-state index contributed by atoms with van der Waals surface area (Å²) in [5.41, 5.74) is 3.26. The molecule has 0 unspecified atom stereocenters. The third kappa shape index (κ3) is 2.88. The smallest absolute Gasteiger partial charge is 0.174 e. The van der Waals surface area contributed by atoms with Gasteiger partial charge in [0.2, 0.25) is 0 Å². The zero-order valence-corrected chi connectivity index (χ0v) is 17.5. The van der Waals surface area contributed by atoms with Crippen LogP contribution < -0.4 is 14.8 Å². The van der Waals surface area contributed by atoms with Gasteiger partial charge in [-0.15, -0.1) is 0 Å². The highest BCUT2D eigenvalue weighted by atomic mass is 79.9. The molecule has 0 saturated carbocycles. The highest BCUT2D eigenvalue weighted by Gasteiger charge is 2.39. The standard InChI is InChI=1S/C20H18BrCl2NO2/c1-25-17-7-10(6-14(21)20(17)26-2)19-13-5-3-4-12(13)18-15(23)8-11(22)9-16(18)24-19/h3-4,6-9,12-13,19,24H,5H2,1-2H3/t12-,13+,19-/m0/s1. The van der Waals surface area contributed by atoms with E-state index in [2.05, 4.69) is 39.5 Å². The Morgan fingerprint density at radius 2 is 1.92 bits per heavy atom. The first-order valence-electron chi connectivity index (χ1n) is 8.37. The van der Waals surface area contributed by atoms with Crippen LogP contribution >= 0.6 is 39.1 Å². The van der Waals surface area contributed by atoms with E-state index in [-0.39, 0.29) is 12.0 Å². The summed E-state index contributed by atoms with van der Waals surface area (Å²) in [7, 11) is 3.29. The fourth-order valence-electron chi connectivity index (χ4n) is 4.09. The molecule has 2 aromatic rings. The first-order chi connectivity index (χ1) is 12.5. The minimum atomic E-state index is 0.119. The molecule has 1 N–H and O–H groups in total. The minimum Gasteiger partial charge on any atom is -0.493 e. The van der Waals surface area contributed by atoms with E-state index in [0.717, 1.165) is 27.7 Å². The van der Waals surface area contributed by atoms with Crippen LogP contribution in [0.2, 0.25) is 10.0 Å². The van der Waals surface area contributed by atoms with E-state index in [1.165, 1.54) is 0 Å². The van der Waals surface area contributed by atoms with Crippen molar-refractivity contribution in [1.29, 1.82) is 0 Å². The number of halogens is 3. The summed E-state index contributed by atoms with van der Waals surface area (Å²) in [6.07, 6.45) is 5.49. The monoisotopic (exact) mass is 453 g/mol. The molecule has 0 fully saturated rings. The van der Waals surface area contributed by atoms with Crippen molar-refractivity contribution in [1.82, 2.24) is 0 Å². The number of allylic oxidation sites excluding steroid dienone is 2. The molecule has 3 nitrogen and oxygen atoms in total. The average molecular weight is 455 g/mol. The van der Waals surface area contributed by atoms with Gasteiger partial charge in [-0.3, -0.25) is 0 Å². The third-order valence-electron chi connectivity index (χ3n) is 5.19. The van der Waals surface area contributed by atoms with Crippen molar-refractivity contribution in [3.8, 4) is 11.5 Å². The third-order valence-corrected chi connectivity index (χ3v) is 6.31. The molecule has 2 aromatic carbocycles. The maximum atomic E-state index is 6.52. The second kappa shape index (κ2) is 6.99. The van der Waals surface area contributed by atoms with E-state index in [1.54, 1.807) is 14.2 Å². The van der Waals surface area contributed by atoms with Gasteiger partial charge in [-0.1, -0.05) is 35.4 Å². The molecule has 0 bridgehead atoms. The zero-order valence-electron chi connectivity index (χ0n) is 14.4. The van der Waals surface area contributed by atoms with Gasteiger partial charge in [0.1, 0.15) is 0 Å². The van der Waals surface area contributed by atoms with Crippen molar-refractivity contribution in [2.75, 3.05) is 19.5 Å². The van der Waals surface area contributed by atoms with Crippen LogP contribution in [0.3, 0.4) is 0 Å². The van der Waals surface area contributed by atoms with Gasteiger partial charge in [0.05, 0.1) is 24.7 Å². The Kier molecular flexibility index (Phi) is 4.84. The van der Waals surface area contributed by atoms with Gasteiger partial charge >= 0.3 is 0 Å². The van der Waals surface area contributed by atoms with E-state index < -0.39 is 0 Å². The van der Waals surface area contributed by atoms with Crippen molar-refractivity contribution >= 4 is 44.8 Å². The molecule has 1 aliphatic carbocycles. The van der Waals surface area contributed by atoms with Crippen molar-refractivity contribution in [2.45, 2.75) is 18.4 Å². The van der Waals surface area contributed by atoms with Crippen LogP contribution in [0.5, 0.6) is 11.5 Å². The van der Waals surface area contributed by atoms with Crippen LogP contribution in [-0.2, 0) is 0 Å². The Morgan fingerprint density at radius 3 is 2.65 bits per heavy atom. The number of hydrogen-bond acceptors (Lipinski definition) is 3. The number of hydrogen-bond donors (Lipinski definition) is 1. The lowest BCUT2D eigenvalue weighted by molar-refractivity contribution is 0.351. The maximum absolute atomic E-state index is 6.52. The van der Waals surface area contributed by atoms with Gasteiger partial charge in [0, 0.05) is 27.2 Å². The quantitative estimate of drug-likeness (QED) is 0.530. The summed E-state index contributed by atoms with van der Waals surface area (Å²) >= 11 is 16.4. The summed E-state index contributed by atoms with van der Waals surface area (Å²) < 4.78 is 11.8. The van der Waals surface area contributed by atoms with Gasteiger partial charge in [-0.05, 0) is 58.1 Å². The first-order valence-corrected chi connectivity index (χ1v) is 9.92.